The molecule has 4 nitrogen and oxygen atoms in total. The number of rotatable bonds is 10. The molecule has 48 heavy (non-hydrogen) atoms. The quantitative estimate of drug-likeness (QED) is 0.0747. The molecule has 0 unspecified atom stereocenters. The van der Waals surface area contributed by atoms with Gasteiger partial charge >= 0.3 is 0 Å². The summed E-state index contributed by atoms with van der Waals surface area (Å²) in [7, 11) is -1.53. The second kappa shape index (κ2) is 16.2. The van der Waals surface area contributed by atoms with Gasteiger partial charge in [0.15, 0.2) is 5.78 Å². The van der Waals surface area contributed by atoms with Gasteiger partial charge in [0.05, 0.1) is 23.3 Å². The van der Waals surface area contributed by atoms with Crippen molar-refractivity contribution in [2.24, 2.45) is 16.2 Å². The molecule has 0 amide bonds. The molecule has 0 saturated heterocycles. The number of hydrogen-bond donors (Lipinski definition) is 1. The van der Waals surface area contributed by atoms with E-state index in [4.69, 9.17) is 9.97 Å². The van der Waals surface area contributed by atoms with E-state index in [0.717, 1.165) is 54.4 Å². The first kappa shape index (κ1) is 42.0. The van der Waals surface area contributed by atoms with Crippen molar-refractivity contribution in [1.82, 2.24) is 9.97 Å². The van der Waals surface area contributed by atoms with Crippen molar-refractivity contribution in [3.63, 3.8) is 0 Å². The Morgan fingerprint density at radius 2 is 1.52 bits per heavy atom. The van der Waals surface area contributed by atoms with Crippen LogP contribution in [0.3, 0.4) is 0 Å². The molecule has 0 fully saturated rings. The summed E-state index contributed by atoms with van der Waals surface area (Å²) in [5.74, 6) is 0.286. The minimum absolute atomic E-state index is 0. The number of aliphatic hydroxyl groups excluding tert-OH is 1. The summed E-state index contributed by atoms with van der Waals surface area (Å²) in [5.41, 5.74) is 5.18. The molecule has 2 heterocycles. The zero-order chi connectivity index (χ0) is 35.5. The number of pyridine rings is 1. The minimum Gasteiger partial charge on any atom is -0.512 e. The molecular weight excluding hydrogens is 805 g/mol. The molecule has 0 aliphatic carbocycles. The van der Waals surface area contributed by atoms with E-state index >= 15 is 0 Å². The van der Waals surface area contributed by atoms with Crippen molar-refractivity contribution in [2.45, 2.75) is 128 Å². The summed E-state index contributed by atoms with van der Waals surface area (Å²) in [6, 6.07) is 12.4. The van der Waals surface area contributed by atoms with Crippen molar-refractivity contribution in [3.05, 3.63) is 64.5 Å². The van der Waals surface area contributed by atoms with E-state index in [2.05, 4.69) is 84.6 Å². The number of aliphatic hydroxyl groups is 1. The number of fused-ring (bicyclic) bond motifs is 3. The second-order valence-corrected chi connectivity index (χ2v) is 22.3. The van der Waals surface area contributed by atoms with Gasteiger partial charge in [-0.15, -0.1) is 46.2 Å². The molecule has 0 aliphatic heterocycles. The Bertz CT molecular complexity index is 1730. The standard InChI is InChI=1S/C26H31N2SSi.C15H28O2.Ir/c1-16-11-17(2)13-19(12-16)23-22-18(9-10-27-23)14-20(30(6,7)8)25-24(22)28-21(29-25)15-26(3,4)5;1-7-14(5,8-2)12(16)11-13(17)15(6,9-3)10-4;/h9-12,14H,15H2,1-8H3;11,16H,7-10H2,1-6H3;/q-1;;/b;12-11-;. The number of aryl methyl sites for hydroxylation is 2. The third kappa shape index (κ3) is 9.74. The van der Waals surface area contributed by atoms with Gasteiger partial charge in [0.25, 0.3) is 0 Å². The van der Waals surface area contributed by atoms with Gasteiger partial charge in [-0.1, -0.05) is 102 Å². The van der Waals surface area contributed by atoms with Crippen LogP contribution in [0, 0.1) is 36.2 Å². The summed E-state index contributed by atoms with van der Waals surface area (Å²) >= 11 is 1.89. The fourth-order valence-electron chi connectivity index (χ4n) is 5.78. The maximum absolute atomic E-state index is 12.2. The van der Waals surface area contributed by atoms with Crippen LogP contribution in [0.5, 0.6) is 0 Å². The average Bonchev–Trinajstić information content (AvgIpc) is 3.40. The molecule has 265 valence electrons. The Balaban J connectivity index is 0.000000384. The molecule has 0 bridgehead atoms. The van der Waals surface area contributed by atoms with E-state index in [1.807, 2.05) is 59.1 Å². The summed E-state index contributed by atoms with van der Waals surface area (Å²) in [6.45, 7) is 30.5. The van der Waals surface area contributed by atoms with Crippen LogP contribution in [-0.2, 0) is 31.3 Å². The van der Waals surface area contributed by atoms with Crippen LogP contribution < -0.4 is 5.19 Å². The monoisotopic (exact) mass is 864 g/mol. The van der Waals surface area contributed by atoms with Gasteiger partial charge in [-0.05, 0) is 58.8 Å². The smallest absolute Gasteiger partial charge is 0.164 e. The fraction of sp³-hybridized carbons (Fsp3) is 0.537. The van der Waals surface area contributed by atoms with Crippen LogP contribution >= 0.6 is 11.3 Å². The Morgan fingerprint density at radius 1 is 0.938 bits per heavy atom. The van der Waals surface area contributed by atoms with E-state index in [1.165, 1.54) is 37.3 Å². The number of hydrogen-bond acceptors (Lipinski definition) is 5. The topological polar surface area (TPSA) is 63.1 Å². The molecule has 1 radical (unpaired) electrons. The molecule has 4 aromatic rings. The van der Waals surface area contributed by atoms with Gasteiger partial charge in [-0.2, -0.15) is 0 Å². The largest absolute Gasteiger partial charge is 0.512 e. The first-order valence-electron chi connectivity index (χ1n) is 17.4. The van der Waals surface area contributed by atoms with Gasteiger partial charge in [-0.3, -0.25) is 4.79 Å². The predicted molar refractivity (Wildman–Crippen MR) is 208 cm³/mol. The van der Waals surface area contributed by atoms with Crippen LogP contribution in [0.4, 0.5) is 0 Å². The molecular formula is C41H59IrN2O2SSi-. The van der Waals surface area contributed by atoms with Gasteiger partial charge < -0.3 is 10.1 Å². The van der Waals surface area contributed by atoms with E-state index in [1.54, 1.807) is 0 Å². The average molecular weight is 864 g/mol. The summed E-state index contributed by atoms with van der Waals surface area (Å²) in [5, 5.41) is 15.3. The number of ketones is 1. The number of allylic oxidation sites excluding steroid dienone is 2. The third-order valence-electron chi connectivity index (χ3n) is 9.93. The van der Waals surface area contributed by atoms with Gasteiger partial charge in [0, 0.05) is 49.6 Å². The molecule has 0 aliphatic rings. The van der Waals surface area contributed by atoms with Gasteiger partial charge in [0.1, 0.15) is 5.76 Å². The normalized spacial score (nSPS) is 12.9. The number of benzene rings is 2. The Morgan fingerprint density at radius 3 is 2.02 bits per heavy atom. The number of carbonyl (C=O) groups excluding carboxylic acids is 1. The van der Waals surface area contributed by atoms with Crippen LogP contribution in [0.25, 0.3) is 32.2 Å². The molecule has 2 aromatic carbocycles. The van der Waals surface area contributed by atoms with E-state index < -0.39 is 8.07 Å². The zero-order valence-electron chi connectivity index (χ0n) is 32.0. The van der Waals surface area contributed by atoms with E-state index in [-0.39, 0.29) is 47.9 Å². The van der Waals surface area contributed by atoms with Crippen LogP contribution in [0.2, 0.25) is 19.6 Å². The van der Waals surface area contributed by atoms with Gasteiger partial charge in [0.2, 0.25) is 0 Å². The number of thiazole rings is 1. The van der Waals surface area contributed by atoms with E-state index in [0.29, 0.717) is 0 Å². The Kier molecular flexibility index (Phi) is 14.2. The summed E-state index contributed by atoms with van der Waals surface area (Å²) in [6.07, 6.45) is 7.68. The molecule has 4 rings (SSSR count). The summed E-state index contributed by atoms with van der Waals surface area (Å²) in [4.78, 5) is 22.2. The molecule has 7 heteroatoms. The van der Waals surface area contributed by atoms with Crippen molar-refractivity contribution < 1.29 is 30.0 Å². The van der Waals surface area contributed by atoms with Gasteiger partial charge in [-0.25, -0.2) is 4.98 Å². The van der Waals surface area contributed by atoms with Crippen molar-refractivity contribution >= 4 is 51.4 Å². The Labute approximate surface area is 309 Å². The first-order chi connectivity index (χ1) is 21.7. The number of nitrogens with zero attached hydrogens (tertiary/aromatic N) is 2. The maximum atomic E-state index is 12.2. The van der Waals surface area contributed by atoms with Crippen molar-refractivity contribution in [3.8, 4) is 11.3 Å². The molecule has 1 N–H and O–H groups in total. The van der Waals surface area contributed by atoms with Crippen LogP contribution in [0.1, 0.15) is 104 Å². The Hall–Kier alpha value is -2.18. The number of aromatic nitrogens is 2. The van der Waals surface area contributed by atoms with Crippen molar-refractivity contribution in [2.75, 3.05) is 0 Å². The van der Waals surface area contributed by atoms with Crippen molar-refractivity contribution in [1.29, 1.82) is 0 Å². The zero-order valence-corrected chi connectivity index (χ0v) is 36.2. The second-order valence-electron chi connectivity index (χ2n) is 16.1. The number of carbonyl (C=O) groups is 1. The van der Waals surface area contributed by atoms with Crippen LogP contribution in [-0.4, -0.2) is 28.9 Å². The molecule has 2 aromatic heterocycles. The third-order valence-corrected chi connectivity index (χ3v) is 13.2. The first-order valence-corrected chi connectivity index (χ1v) is 21.7. The van der Waals surface area contributed by atoms with E-state index in [9.17, 15) is 9.90 Å². The van der Waals surface area contributed by atoms with Crippen LogP contribution in [0.15, 0.2) is 42.3 Å². The molecule has 0 atom stereocenters. The summed E-state index contributed by atoms with van der Waals surface area (Å²) < 4.78 is 1.36. The minimum atomic E-state index is -1.53. The fourth-order valence-corrected chi connectivity index (χ4v) is 9.53. The molecule has 0 spiro atoms. The SMILES string of the molecule is CCC(C)(CC)C(=O)/C=C(\O)C(C)(CC)CC.Cc1[c-]c(-c2nccc3cc([Si](C)(C)C)c4sc(CC(C)(C)C)nc4c23)cc(C)c1.[Ir]. The predicted octanol–water partition coefficient (Wildman–Crippen LogP) is 11.7. The molecule has 0 saturated carbocycles. The maximum Gasteiger partial charge on any atom is 0.164 e.